The van der Waals surface area contributed by atoms with E-state index in [9.17, 15) is 9.59 Å². The summed E-state index contributed by atoms with van der Waals surface area (Å²) < 4.78 is 2.72. The van der Waals surface area contributed by atoms with Gasteiger partial charge < -0.3 is 0 Å². The standard InChI is InChI=1S/C23H19ClN4O2/c1-3-15-5-7-16(8-6-15)14-28-22(29)19-13-25-20(17-9-11-18(24)12-10-17)26-21(19)27(4-2)23(28)30/h3,5-13H,1,4,14H2,2H3. The van der Waals surface area contributed by atoms with Gasteiger partial charge in [-0.1, -0.05) is 48.5 Å². The highest BCUT2D eigenvalue weighted by atomic mass is 35.5. The quantitative estimate of drug-likeness (QED) is 0.491. The average molecular weight is 419 g/mol. The molecule has 0 saturated carbocycles. The van der Waals surface area contributed by atoms with E-state index >= 15 is 0 Å². The van der Waals surface area contributed by atoms with Crippen molar-refractivity contribution in [3.63, 3.8) is 0 Å². The highest BCUT2D eigenvalue weighted by Crippen LogP contribution is 2.19. The molecule has 0 aliphatic heterocycles. The number of hydrogen-bond donors (Lipinski definition) is 0. The fraction of sp³-hybridized carbons (Fsp3) is 0.130. The highest BCUT2D eigenvalue weighted by Gasteiger charge is 2.15. The van der Waals surface area contributed by atoms with Crippen LogP contribution in [0, 0.1) is 0 Å². The lowest BCUT2D eigenvalue weighted by Gasteiger charge is -2.13. The largest absolute Gasteiger partial charge is 0.332 e. The lowest BCUT2D eigenvalue weighted by atomic mass is 10.1. The number of aryl methyl sites for hydroxylation is 1. The molecule has 0 spiro atoms. The van der Waals surface area contributed by atoms with Crippen LogP contribution in [0.15, 0.2) is 70.9 Å². The van der Waals surface area contributed by atoms with Gasteiger partial charge in [-0.3, -0.25) is 13.9 Å². The number of benzene rings is 2. The molecule has 2 aromatic heterocycles. The van der Waals surface area contributed by atoms with Gasteiger partial charge in [-0.05, 0) is 42.3 Å². The zero-order valence-corrected chi connectivity index (χ0v) is 17.1. The van der Waals surface area contributed by atoms with E-state index in [1.54, 1.807) is 30.3 Å². The third-order valence-corrected chi connectivity index (χ3v) is 5.19. The van der Waals surface area contributed by atoms with Gasteiger partial charge in [-0.2, -0.15) is 0 Å². The Labute approximate surface area is 177 Å². The van der Waals surface area contributed by atoms with Crippen LogP contribution in [0.5, 0.6) is 0 Å². The fourth-order valence-electron chi connectivity index (χ4n) is 3.30. The van der Waals surface area contributed by atoms with Crippen molar-refractivity contribution in [1.29, 1.82) is 0 Å². The van der Waals surface area contributed by atoms with E-state index in [0.29, 0.717) is 28.4 Å². The molecule has 0 N–H and O–H groups in total. The summed E-state index contributed by atoms with van der Waals surface area (Å²) in [4.78, 5) is 35.0. The van der Waals surface area contributed by atoms with Crippen LogP contribution in [0.25, 0.3) is 28.5 Å². The van der Waals surface area contributed by atoms with Crippen LogP contribution in [0.1, 0.15) is 18.1 Å². The number of nitrogens with zero attached hydrogens (tertiary/aromatic N) is 4. The smallest absolute Gasteiger partial charge is 0.277 e. The lowest BCUT2D eigenvalue weighted by Crippen LogP contribution is -2.40. The summed E-state index contributed by atoms with van der Waals surface area (Å²) >= 11 is 5.95. The van der Waals surface area contributed by atoms with Crippen molar-refractivity contribution in [3.05, 3.63) is 98.3 Å². The molecule has 0 unspecified atom stereocenters. The van der Waals surface area contributed by atoms with Crippen LogP contribution in [-0.2, 0) is 13.1 Å². The second-order valence-electron chi connectivity index (χ2n) is 6.80. The van der Waals surface area contributed by atoms with Crippen LogP contribution in [0.3, 0.4) is 0 Å². The molecule has 0 radical (unpaired) electrons. The van der Waals surface area contributed by atoms with Crippen molar-refractivity contribution < 1.29 is 0 Å². The third-order valence-electron chi connectivity index (χ3n) is 4.94. The van der Waals surface area contributed by atoms with E-state index in [1.807, 2.05) is 31.2 Å². The van der Waals surface area contributed by atoms with Crippen molar-refractivity contribution in [3.8, 4) is 11.4 Å². The highest BCUT2D eigenvalue weighted by molar-refractivity contribution is 6.30. The Morgan fingerprint density at radius 3 is 2.37 bits per heavy atom. The first-order chi connectivity index (χ1) is 14.5. The van der Waals surface area contributed by atoms with Gasteiger partial charge in [0.05, 0.1) is 6.54 Å². The molecule has 0 aliphatic carbocycles. The molecule has 150 valence electrons. The number of halogens is 1. The minimum Gasteiger partial charge on any atom is -0.277 e. The zero-order chi connectivity index (χ0) is 21.3. The van der Waals surface area contributed by atoms with E-state index in [1.165, 1.54) is 15.3 Å². The van der Waals surface area contributed by atoms with Gasteiger partial charge in [0.25, 0.3) is 5.56 Å². The maximum atomic E-state index is 13.1. The van der Waals surface area contributed by atoms with E-state index in [-0.39, 0.29) is 6.54 Å². The van der Waals surface area contributed by atoms with Gasteiger partial charge in [0, 0.05) is 23.3 Å². The number of aromatic nitrogens is 4. The van der Waals surface area contributed by atoms with Crippen LogP contribution >= 0.6 is 11.6 Å². The molecule has 0 atom stereocenters. The summed E-state index contributed by atoms with van der Waals surface area (Å²) in [5, 5.41) is 0.908. The Morgan fingerprint density at radius 2 is 1.73 bits per heavy atom. The summed E-state index contributed by atoms with van der Waals surface area (Å²) in [7, 11) is 0. The van der Waals surface area contributed by atoms with E-state index < -0.39 is 11.2 Å². The summed E-state index contributed by atoms with van der Waals surface area (Å²) in [6, 6.07) is 14.6. The molecular weight excluding hydrogens is 400 g/mol. The van der Waals surface area contributed by atoms with Gasteiger partial charge in [0.1, 0.15) is 5.39 Å². The number of fused-ring (bicyclic) bond motifs is 1. The summed E-state index contributed by atoms with van der Waals surface area (Å²) in [6.07, 6.45) is 3.23. The van der Waals surface area contributed by atoms with Crippen molar-refractivity contribution in [2.75, 3.05) is 0 Å². The fourth-order valence-corrected chi connectivity index (χ4v) is 3.43. The first kappa shape index (κ1) is 19.8. The second kappa shape index (κ2) is 8.08. The molecule has 2 aromatic carbocycles. The summed E-state index contributed by atoms with van der Waals surface area (Å²) in [5.74, 6) is 0.429. The SMILES string of the molecule is C=Cc1ccc(Cn2c(=O)c3cnc(-c4ccc(Cl)cc4)nc3n(CC)c2=O)cc1. The minimum absolute atomic E-state index is 0.171. The molecular formula is C23H19ClN4O2. The van der Waals surface area contributed by atoms with Gasteiger partial charge in [-0.25, -0.2) is 14.8 Å². The van der Waals surface area contributed by atoms with Gasteiger partial charge in [0.15, 0.2) is 11.5 Å². The Kier molecular flexibility index (Phi) is 5.33. The third kappa shape index (κ3) is 3.57. The van der Waals surface area contributed by atoms with Crippen molar-refractivity contribution in [2.45, 2.75) is 20.0 Å². The Bertz CT molecular complexity index is 1350. The van der Waals surface area contributed by atoms with Crippen molar-refractivity contribution in [1.82, 2.24) is 19.1 Å². The molecule has 2 heterocycles. The first-order valence-electron chi connectivity index (χ1n) is 9.49. The summed E-state index contributed by atoms with van der Waals surface area (Å²) in [6.45, 7) is 6.13. The minimum atomic E-state index is -0.407. The predicted octanol–water partition coefficient (Wildman–Crippen LogP) is 3.98. The van der Waals surface area contributed by atoms with Crippen LogP contribution < -0.4 is 11.2 Å². The topological polar surface area (TPSA) is 69.8 Å². The summed E-state index contributed by atoms with van der Waals surface area (Å²) in [5.41, 5.74) is 2.09. The number of rotatable bonds is 5. The molecule has 4 aromatic rings. The van der Waals surface area contributed by atoms with Crippen LogP contribution in [0.2, 0.25) is 5.02 Å². The monoisotopic (exact) mass is 418 g/mol. The van der Waals surface area contributed by atoms with Crippen molar-refractivity contribution in [2.24, 2.45) is 0 Å². The van der Waals surface area contributed by atoms with Crippen LogP contribution in [-0.4, -0.2) is 19.1 Å². The normalized spacial score (nSPS) is 11.0. The molecule has 0 fully saturated rings. The average Bonchev–Trinajstić information content (AvgIpc) is 2.77. The van der Waals surface area contributed by atoms with Gasteiger partial charge in [-0.15, -0.1) is 0 Å². The van der Waals surface area contributed by atoms with E-state index in [4.69, 9.17) is 11.6 Å². The molecule has 7 heteroatoms. The maximum Gasteiger partial charge on any atom is 0.332 e. The molecule has 0 saturated heterocycles. The van der Waals surface area contributed by atoms with E-state index in [2.05, 4.69) is 16.5 Å². The molecule has 4 rings (SSSR count). The Hall–Kier alpha value is -3.51. The van der Waals surface area contributed by atoms with Gasteiger partial charge in [0.2, 0.25) is 0 Å². The Balaban J connectivity index is 1.86. The first-order valence-corrected chi connectivity index (χ1v) is 9.87. The number of hydrogen-bond acceptors (Lipinski definition) is 4. The zero-order valence-electron chi connectivity index (χ0n) is 16.4. The van der Waals surface area contributed by atoms with Crippen molar-refractivity contribution >= 4 is 28.7 Å². The van der Waals surface area contributed by atoms with E-state index in [0.717, 1.165) is 16.7 Å². The van der Waals surface area contributed by atoms with Gasteiger partial charge >= 0.3 is 5.69 Å². The second-order valence-corrected chi connectivity index (χ2v) is 7.24. The molecule has 0 bridgehead atoms. The molecule has 30 heavy (non-hydrogen) atoms. The van der Waals surface area contributed by atoms with Crippen LogP contribution in [0.4, 0.5) is 0 Å². The predicted molar refractivity (Wildman–Crippen MR) is 120 cm³/mol. The lowest BCUT2D eigenvalue weighted by molar-refractivity contribution is 0.618. The molecule has 0 amide bonds. The molecule has 0 aliphatic rings. The Morgan fingerprint density at radius 1 is 1.03 bits per heavy atom. The maximum absolute atomic E-state index is 13.1. The molecule has 6 nitrogen and oxygen atoms in total.